The van der Waals surface area contributed by atoms with Crippen molar-refractivity contribution in [1.82, 2.24) is 24.6 Å². The summed E-state index contributed by atoms with van der Waals surface area (Å²) in [4.78, 5) is 29.0. The highest BCUT2D eigenvalue weighted by Gasteiger charge is 2.31. The van der Waals surface area contributed by atoms with Crippen LogP contribution in [-0.2, 0) is 31.9 Å². The fourth-order valence-electron chi connectivity index (χ4n) is 3.68. The summed E-state index contributed by atoms with van der Waals surface area (Å²) in [6.07, 6.45) is 4.03. The molecule has 0 radical (unpaired) electrons. The molecule has 2 aromatic heterocycles. The molecule has 0 bridgehead atoms. The summed E-state index contributed by atoms with van der Waals surface area (Å²) < 4.78 is 21.8. The number of aryl methyl sites for hydroxylation is 2. The lowest BCUT2D eigenvalue weighted by molar-refractivity contribution is 0.101. The fourth-order valence-corrected chi connectivity index (χ4v) is 3.86. The molecule has 0 aliphatic heterocycles. The van der Waals surface area contributed by atoms with Crippen LogP contribution >= 0.6 is 11.6 Å². The molecule has 2 heterocycles. The predicted octanol–water partition coefficient (Wildman–Crippen LogP) is 3.11. The van der Waals surface area contributed by atoms with Gasteiger partial charge in [-0.3, -0.25) is 9.48 Å². The summed E-state index contributed by atoms with van der Waals surface area (Å²) in [6, 6.07) is 3.72. The zero-order chi connectivity index (χ0) is 22.1. The number of amides is 2. The lowest BCUT2D eigenvalue weighted by Gasteiger charge is -2.12. The first kappa shape index (κ1) is 20.9. The largest absolute Gasteiger partial charge is 0.441 e. The number of ether oxygens (including phenoxy) is 1. The minimum atomic E-state index is -0.582. The zero-order valence-electron chi connectivity index (χ0n) is 16.9. The third-order valence-electron chi connectivity index (χ3n) is 5.04. The number of hydrogen-bond acceptors (Lipinski definition) is 5. The maximum absolute atomic E-state index is 13.4. The van der Waals surface area contributed by atoms with Crippen molar-refractivity contribution in [2.45, 2.75) is 25.5 Å². The summed E-state index contributed by atoms with van der Waals surface area (Å²) in [5.41, 5.74) is 2.58. The van der Waals surface area contributed by atoms with Crippen LogP contribution in [0.4, 0.5) is 14.9 Å². The Morgan fingerprint density at radius 2 is 2.16 bits per heavy atom. The van der Waals surface area contributed by atoms with Crippen LogP contribution in [0.3, 0.4) is 0 Å². The van der Waals surface area contributed by atoms with Gasteiger partial charge in [-0.2, -0.15) is 5.10 Å². The molecule has 3 aromatic rings. The molecule has 162 valence electrons. The summed E-state index contributed by atoms with van der Waals surface area (Å²) in [5.74, 6) is -0.487. The minimum Gasteiger partial charge on any atom is -0.441 e. The van der Waals surface area contributed by atoms with Crippen LogP contribution in [0.2, 0.25) is 5.02 Å². The number of anilines is 1. The molecule has 2 amide bonds. The van der Waals surface area contributed by atoms with Crippen molar-refractivity contribution in [3.63, 3.8) is 0 Å². The molecule has 0 saturated heterocycles. The van der Waals surface area contributed by atoms with Gasteiger partial charge in [-0.15, -0.1) is 0 Å². The third-order valence-corrected chi connectivity index (χ3v) is 5.33. The van der Waals surface area contributed by atoms with Crippen LogP contribution in [0.15, 0.2) is 30.7 Å². The Kier molecular flexibility index (Phi) is 5.64. The van der Waals surface area contributed by atoms with Gasteiger partial charge in [0.15, 0.2) is 12.4 Å². The zero-order valence-corrected chi connectivity index (χ0v) is 17.6. The van der Waals surface area contributed by atoms with Crippen molar-refractivity contribution in [1.29, 1.82) is 0 Å². The SMILES string of the molecule is Cn1cnc(COC(=O)N[C@@H]2CCc3c2cn(C)c3C(=O)Nc2ccc(F)c(Cl)c2)n1. The van der Waals surface area contributed by atoms with Crippen molar-refractivity contribution >= 4 is 29.3 Å². The maximum atomic E-state index is 13.4. The fraction of sp³-hybridized carbons (Fsp3) is 0.300. The predicted molar refractivity (Wildman–Crippen MR) is 110 cm³/mol. The lowest BCUT2D eigenvalue weighted by atomic mass is 10.1. The van der Waals surface area contributed by atoms with Crippen LogP contribution in [0.1, 0.15) is 39.9 Å². The van der Waals surface area contributed by atoms with Crippen molar-refractivity contribution < 1.29 is 18.7 Å². The van der Waals surface area contributed by atoms with Gasteiger partial charge >= 0.3 is 6.09 Å². The molecule has 1 atom stereocenters. The number of nitrogens with zero attached hydrogens (tertiary/aromatic N) is 4. The number of aromatic nitrogens is 4. The van der Waals surface area contributed by atoms with E-state index in [9.17, 15) is 14.0 Å². The summed E-state index contributed by atoms with van der Waals surface area (Å²) >= 11 is 5.79. The number of rotatable bonds is 5. The average molecular weight is 447 g/mol. The molecule has 0 spiro atoms. The molecule has 1 aliphatic carbocycles. The van der Waals surface area contributed by atoms with Crippen LogP contribution < -0.4 is 10.6 Å². The van der Waals surface area contributed by atoms with E-state index in [1.807, 2.05) is 6.20 Å². The molecule has 31 heavy (non-hydrogen) atoms. The smallest absolute Gasteiger partial charge is 0.408 e. The normalized spacial score (nSPS) is 14.9. The number of carbonyl (C=O) groups excluding carboxylic acids is 2. The second-order valence-electron chi connectivity index (χ2n) is 7.25. The number of benzene rings is 1. The van der Waals surface area contributed by atoms with E-state index in [-0.39, 0.29) is 23.6 Å². The quantitative estimate of drug-likeness (QED) is 0.626. The van der Waals surface area contributed by atoms with Crippen LogP contribution in [-0.4, -0.2) is 31.3 Å². The van der Waals surface area contributed by atoms with Gasteiger partial charge in [-0.25, -0.2) is 14.2 Å². The van der Waals surface area contributed by atoms with Crippen molar-refractivity contribution in [3.8, 4) is 0 Å². The highest BCUT2D eigenvalue weighted by Crippen LogP contribution is 2.35. The van der Waals surface area contributed by atoms with E-state index in [1.54, 1.807) is 18.7 Å². The third kappa shape index (κ3) is 4.38. The first-order valence-electron chi connectivity index (χ1n) is 9.54. The Morgan fingerprint density at radius 3 is 2.87 bits per heavy atom. The van der Waals surface area contributed by atoms with Gasteiger partial charge in [0.1, 0.15) is 17.8 Å². The van der Waals surface area contributed by atoms with Crippen molar-refractivity contribution in [2.75, 3.05) is 5.32 Å². The highest BCUT2D eigenvalue weighted by atomic mass is 35.5. The van der Waals surface area contributed by atoms with Crippen LogP contribution in [0, 0.1) is 5.82 Å². The minimum absolute atomic E-state index is 0.0328. The Hall–Kier alpha value is -3.40. The number of fused-ring (bicyclic) bond motifs is 1. The van der Waals surface area contributed by atoms with Crippen LogP contribution in [0.5, 0.6) is 0 Å². The molecular formula is C20H20ClFN6O3. The van der Waals surface area contributed by atoms with Gasteiger partial charge in [0.25, 0.3) is 5.91 Å². The van der Waals surface area contributed by atoms with Gasteiger partial charge in [0.05, 0.1) is 11.1 Å². The summed E-state index contributed by atoms with van der Waals surface area (Å²) in [7, 11) is 3.48. The molecule has 0 saturated carbocycles. The van der Waals surface area contributed by atoms with E-state index >= 15 is 0 Å². The van der Waals surface area contributed by atoms with Crippen LogP contribution in [0.25, 0.3) is 0 Å². The Morgan fingerprint density at radius 1 is 1.35 bits per heavy atom. The van der Waals surface area contributed by atoms with E-state index in [2.05, 4.69) is 20.7 Å². The van der Waals surface area contributed by atoms with Crippen molar-refractivity contribution in [2.24, 2.45) is 14.1 Å². The first-order chi connectivity index (χ1) is 14.8. The second-order valence-corrected chi connectivity index (χ2v) is 7.66. The molecule has 9 nitrogen and oxygen atoms in total. The lowest BCUT2D eigenvalue weighted by Crippen LogP contribution is -2.27. The molecule has 0 fully saturated rings. The number of carbonyl (C=O) groups is 2. The van der Waals surface area contributed by atoms with Gasteiger partial charge < -0.3 is 19.9 Å². The van der Waals surface area contributed by atoms with E-state index in [0.29, 0.717) is 30.0 Å². The van der Waals surface area contributed by atoms with E-state index in [4.69, 9.17) is 16.3 Å². The average Bonchev–Trinajstić information content (AvgIpc) is 3.39. The Labute approximate surface area is 182 Å². The monoisotopic (exact) mass is 446 g/mol. The second kappa shape index (κ2) is 8.38. The molecule has 0 unspecified atom stereocenters. The topological polar surface area (TPSA) is 103 Å². The van der Waals surface area contributed by atoms with E-state index < -0.39 is 11.9 Å². The van der Waals surface area contributed by atoms with Gasteiger partial charge in [-0.05, 0) is 42.2 Å². The van der Waals surface area contributed by atoms with Gasteiger partial charge in [0.2, 0.25) is 0 Å². The molecule has 4 rings (SSSR count). The van der Waals surface area contributed by atoms with Crippen molar-refractivity contribution in [3.05, 3.63) is 64.2 Å². The highest BCUT2D eigenvalue weighted by molar-refractivity contribution is 6.31. The molecule has 1 aliphatic rings. The molecular weight excluding hydrogens is 427 g/mol. The maximum Gasteiger partial charge on any atom is 0.408 e. The summed E-state index contributed by atoms with van der Waals surface area (Å²) in [6.45, 7) is -0.0328. The van der Waals surface area contributed by atoms with Gasteiger partial charge in [0, 0.05) is 26.0 Å². The van der Waals surface area contributed by atoms with Gasteiger partial charge in [-0.1, -0.05) is 11.6 Å². The first-order valence-corrected chi connectivity index (χ1v) is 9.92. The standard InChI is InChI=1S/C20H20ClFN6O3/c1-27-8-13-12(18(27)19(29)24-11-3-5-15(22)14(21)7-11)4-6-16(13)25-20(30)31-9-17-23-10-28(2)26-17/h3,5,7-8,10,16H,4,6,9H2,1-2H3,(H,24,29)(H,25,30)/t16-/m1/s1. The molecule has 1 aromatic carbocycles. The van der Waals surface area contributed by atoms with E-state index in [0.717, 1.165) is 11.1 Å². The molecule has 11 heteroatoms. The number of hydrogen-bond donors (Lipinski definition) is 2. The Balaban J connectivity index is 1.43. The summed E-state index contributed by atoms with van der Waals surface area (Å²) in [5, 5.41) is 9.55. The number of halogens is 2. The number of nitrogens with one attached hydrogen (secondary N) is 2. The van der Waals surface area contributed by atoms with E-state index in [1.165, 1.54) is 29.2 Å². The molecule has 2 N–H and O–H groups in total. The number of alkyl carbamates (subject to hydrolysis) is 1. The Bertz CT molecular complexity index is 1160.